The molecule has 0 bridgehead atoms. The molecule has 0 heterocycles. The lowest BCUT2D eigenvalue weighted by atomic mass is 10.1. The van der Waals surface area contributed by atoms with Gasteiger partial charge in [0.15, 0.2) is 0 Å². The summed E-state index contributed by atoms with van der Waals surface area (Å²) in [5, 5.41) is 0. The summed E-state index contributed by atoms with van der Waals surface area (Å²) in [5.74, 6) is 1.15. The molecule has 0 N–H and O–H groups in total. The molecule has 0 aliphatic carbocycles. The molecule has 0 saturated carbocycles. The minimum atomic E-state index is -0.193. The van der Waals surface area contributed by atoms with Gasteiger partial charge in [0.25, 0.3) is 0 Å². The monoisotopic (exact) mass is 352 g/mol. The van der Waals surface area contributed by atoms with E-state index in [1.165, 1.54) is 0 Å². The number of hydrogen-bond acceptors (Lipinski definition) is 5. The van der Waals surface area contributed by atoms with Crippen molar-refractivity contribution in [2.75, 3.05) is 19.8 Å². The molecular formula is C20H32O5. The van der Waals surface area contributed by atoms with E-state index in [9.17, 15) is 9.59 Å². The van der Waals surface area contributed by atoms with Crippen molar-refractivity contribution in [1.82, 2.24) is 0 Å². The van der Waals surface area contributed by atoms with E-state index < -0.39 is 0 Å². The lowest BCUT2D eigenvalue weighted by Crippen LogP contribution is -2.10. The van der Waals surface area contributed by atoms with Gasteiger partial charge < -0.3 is 14.2 Å². The number of carbonyl (C=O) groups is 2. The topological polar surface area (TPSA) is 61.8 Å². The molecule has 0 saturated heterocycles. The average Bonchev–Trinajstić information content (AvgIpc) is 2.60. The molecule has 142 valence electrons. The Hall–Kier alpha value is -2.04. The Bertz CT molecular complexity index is 456. The van der Waals surface area contributed by atoms with Gasteiger partial charge in [-0.25, -0.2) is 0 Å². The lowest BCUT2D eigenvalue weighted by molar-refractivity contribution is -0.144. The van der Waals surface area contributed by atoms with Crippen LogP contribution in [0.1, 0.15) is 53.4 Å². The molecule has 0 atom stereocenters. The minimum absolute atomic E-state index is 0.0619. The van der Waals surface area contributed by atoms with Gasteiger partial charge in [-0.05, 0) is 30.9 Å². The predicted octanol–water partition coefficient (Wildman–Crippen LogP) is 4.39. The Kier molecular flexibility index (Phi) is 14.2. The second kappa shape index (κ2) is 15.5. The fourth-order valence-corrected chi connectivity index (χ4v) is 1.62. The van der Waals surface area contributed by atoms with Crippen LogP contribution in [0.5, 0.6) is 5.75 Å². The second-order valence-corrected chi connectivity index (χ2v) is 5.89. The van der Waals surface area contributed by atoms with Gasteiger partial charge in [0.05, 0.1) is 6.61 Å². The van der Waals surface area contributed by atoms with Crippen LogP contribution in [0.15, 0.2) is 30.3 Å². The van der Waals surface area contributed by atoms with Gasteiger partial charge >= 0.3 is 11.9 Å². The van der Waals surface area contributed by atoms with Crippen molar-refractivity contribution in [3.8, 4) is 5.75 Å². The summed E-state index contributed by atoms with van der Waals surface area (Å²) in [6.45, 7) is 9.26. The average molecular weight is 352 g/mol. The number of carbonyl (C=O) groups excluding carboxylic acids is 2. The molecule has 1 aromatic rings. The highest BCUT2D eigenvalue weighted by Crippen LogP contribution is 2.07. The highest BCUT2D eigenvalue weighted by atomic mass is 16.6. The molecule has 25 heavy (non-hydrogen) atoms. The third-order valence-electron chi connectivity index (χ3n) is 3.06. The SMILES string of the molecule is CCC(=O)OCCOc1ccccc1.CCCC(=O)OCCC(C)C. The predicted molar refractivity (Wildman–Crippen MR) is 98.5 cm³/mol. The van der Waals surface area contributed by atoms with Gasteiger partial charge in [-0.1, -0.05) is 45.9 Å². The first-order valence-electron chi connectivity index (χ1n) is 8.98. The van der Waals surface area contributed by atoms with Crippen molar-refractivity contribution in [3.63, 3.8) is 0 Å². The van der Waals surface area contributed by atoms with Crippen LogP contribution in [-0.4, -0.2) is 31.8 Å². The number of hydrogen-bond donors (Lipinski definition) is 0. The van der Waals surface area contributed by atoms with Crippen LogP contribution in [0.3, 0.4) is 0 Å². The summed E-state index contributed by atoms with van der Waals surface area (Å²) in [6.07, 6.45) is 2.80. The Labute approximate surface area is 151 Å². The first kappa shape index (κ1) is 23.0. The molecule has 0 aromatic heterocycles. The van der Waals surface area contributed by atoms with Crippen LogP contribution in [0.4, 0.5) is 0 Å². The van der Waals surface area contributed by atoms with Crippen LogP contribution in [0, 0.1) is 5.92 Å². The van der Waals surface area contributed by atoms with E-state index in [0.29, 0.717) is 38.6 Å². The van der Waals surface area contributed by atoms with Crippen LogP contribution >= 0.6 is 0 Å². The zero-order valence-corrected chi connectivity index (χ0v) is 16.0. The maximum Gasteiger partial charge on any atom is 0.305 e. The van der Waals surface area contributed by atoms with Crippen LogP contribution < -0.4 is 4.74 Å². The van der Waals surface area contributed by atoms with Crippen molar-refractivity contribution in [3.05, 3.63) is 30.3 Å². The van der Waals surface area contributed by atoms with Crippen molar-refractivity contribution < 1.29 is 23.8 Å². The summed E-state index contributed by atoms with van der Waals surface area (Å²) >= 11 is 0. The lowest BCUT2D eigenvalue weighted by Gasteiger charge is -2.05. The third-order valence-corrected chi connectivity index (χ3v) is 3.06. The first-order valence-corrected chi connectivity index (χ1v) is 8.98. The van der Waals surface area contributed by atoms with Gasteiger partial charge in [-0.3, -0.25) is 9.59 Å². The van der Waals surface area contributed by atoms with Crippen LogP contribution in [-0.2, 0) is 19.1 Å². The van der Waals surface area contributed by atoms with Crippen molar-refractivity contribution in [1.29, 1.82) is 0 Å². The van der Waals surface area contributed by atoms with E-state index in [2.05, 4.69) is 13.8 Å². The fraction of sp³-hybridized carbons (Fsp3) is 0.600. The summed E-state index contributed by atoms with van der Waals surface area (Å²) in [4.78, 5) is 21.5. The van der Waals surface area contributed by atoms with Crippen LogP contribution in [0.25, 0.3) is 0 Å². The second-order valence-electron chi connectivity index (χ2n) is 5.89. The molecule has 1 rings (SSSR count). The van der Waals surface area contributed by atoms with Gasteiger partial charge in [0.1, 0.15) is 19.0 Å². The van der Waals surface area contributed by atoms with Gasteiger partial charge in [0, 0.05) is 12.8 Å². The first-order chi connectivity index (χ1) is 12.0. The highest BCUT2D eigenvalue weighted by Gasteiger charge is 2.00. The third kappa shape index (κ3) is 15.2. The number of ether oxygens (including phenoxy) is 3. The quantitative estimate of drug-likeness (QED) is 0.461. The van der Waals surface area contributed by atoms with Crippen molar-refractivity contribution in [2.45, 2.75) is 53.4 Å². The maximum atomic E-state index is 10.8. The summed E-state index contributed by atoms with van der Waals surface area (Å²) < 4.78 is 15.1. The van der Waals surface area contributed by atoms with E-state index >= 15 is 0 Å². The Morgan fingerprint density at radius 1 is 0.920 bits per heavy atom. The van der Waals surface area contributed by atoms with E-state index in [1.54, 1.807) is 6.92 Å². The largest absolute Gasteiger partial charge is 0.490 e. The standard InChI is InChI=1S/C11H14O3.C9H18O2/c1-2-11(12)14-9-8-13-10-6-4-3-5-7-10;1-4-5-9(10)11-7-6-8(2)3/h3-7H,2,8-9H2,1H3;8H,4-7H2,1-3H3. The normalized spacial score (nSPS) is 9.80. The molecule has 0 spiro atoms. The molecule has 0 radical (unpaired) electrons. The number of benzene rings is 1. The smallest absolute Gasteiger partial charge is 0.305 e. The highest BCUT2D eigenvalue weighted by molar-refractivity contribution is 5.69. The molecule has 5 heteroatoms. The maximum absolute atomic E-state index is 10.8. The van der Waals surface area contributed by atoms with Gasteiger partial charge in [-0.2, -0.15) is 0 Å². The van der Waals surface area contributed by atoms with E-state index in [0.717, 1.165) is 18.6 Å². The molecular weight excluding hydrogens is 320 g/mol. The minimum Gasteiger partial charge on any atom is -0.490 e. The summed E-state index contributed by atoms with van der Waals surface area (Å²) in [5.41, 5.74) is 0. The summed E-state index contributed by atoms with van der Waals surface area (Å²) in [7, 11) is 0. The zero-order chi connectivity index (χ0) is 18.9. The Morgan fingerprint density at radius 3 is 2.12 bits per heavy atom. The van der Waals surface area contributed by atoms with Crippen molar-refractivity contribution >= 4 is 11.9 Å². The Morgan fingerprint density at radius 2 is 1.56 bits per heavy atom. The van der Waals surface area contributed by atoms with E-state index in [-0.39, 0.29) is 11.9 Å². The van der Waals surface area contributed by atoms with Gasteiger partial charge in [0.2, 0.25) is 0 Å². The molecule has 0 aliphatic heterocycles. The molecule has 0 unspecified atom stereocenters. The number of rotatable bonds is 10. The molecule has 5 nitrogen and oxygen atoms in total. The number of esters is 2. The van der Waals surface area contributed by atoms with E-state index in [4.69, 9.17) is 14.2 Å². The Balaban J connectivity index is 0.000000477. The number of para-hydroxylation sites is 1. The van der Waals surface area contributed by atoms with Gasteiger partial charge in [-0.15, -0.1) is 0 Å². The molecule has 0 aliphatic rings. The fourth-order valence-electron chi connectivity index (χ4n) is 1.62. The van der Waals surface area contributed by atoms with E-state index in [1.807, 2.05) is 37.3 Å². The molecule has 0 fully saturated rings. The molecule has 0 amide bonds. The molecule has 1 aromatic carbocycles. The van der Waals surface area contributed by atoms with Crippen molar-refractivity contribution in [2.24, 2.45) is 5.92 Å². The van der Waals surface area contributed by atoms with Crippen LogP contribution in [0.2, 0.25) is 0 Å². The zero-order valence-electron chi connectivity index (χ0n) is 16.0. The summed E-state index contributed by atoms with van der Waals surface area (Å²) in [6, 6.07) is 9.44.